The second-order valence-corrected chi connectivity index (χ2v) is 2.93. The highest BCUT2D eigenvalue weighted by atomic mass is 19.3. The molecule has 0 spiro atoms. The van der Waals surface area contributed by atoms with Gasteiger partial charge in [-0.3, -0.25) is 14.9 Å². The zero-order chi connectivity index (χ0) is 11.6. The zero-order valence-corrected chi connectivity index (χ0v) is 7.74. The van der Waals surface area contributed by atoms with E-state index in [1.807, 2.05) is 0 Å². The predicted molar refractivity (Wildman–Crippen MR) is 48.1 cm³/mol. The molecule has 0 aliphatic heterocycles. The lowest BCUT2D eigenvalue weighted by Gasteiger charge is -2.02. The number of hydrogen-bond donors (Lipinski definition) is 0. The molecule has 1 aromatic rings. The van der Waals surface area contributed by atoms with Crippen molar-refractivity contribution in [1.82, 2.24) is 0 Å². The number of alkyl halides is 2. The molecule has 0 aliphatic carbocycles. The first kappa shape index (κ1) is 11.2. The first-order valence-corrected chi connectivity index (χ1v) is 4.00. The van der Waals surface area contributed by atoms with E-state index in [0.717, 1.165) is 25.1 Å². The lowest BCUT2D eigenvalue weighted by Crippen LogP contribution is -1.98. The summed E-state index contributed by atoms with van der Waals surface area (Å²) in [6.07, 6.45) is -2.83. The Kier molecular flexibility index (Phi) is 3.08. The molecule has 0 fully saturated rings. The van der Waals surface area contributed by atoms with Gasteiger partial charge >= 0.3 is 0 Å². The number of nitro groups is 1. The Balaban J connectivity index is 3.32. The maximum absolute atomic E-state index is 12.3. The van der Waals surface area contributed by atoms with Gasteiger partial charge < -0.3 is 0 Å². The van der Waals surface area contributed by atoms with Crippen molar-refractivity contribution < 1.29 is 18.5 Å². The number of halogens is 2. The maximum atomic E-state index is 12.3. The molecule has 0 atom stereocenters. The Hall–Kier alpha value is -1.85. The molecular weight excluding hydrogens is 208 g/mol. The van der Waals surface area contributed by atoms with E-state index in [0.29, 0.717) is 0 Å². The molecule has 0 amide bonds. The quantitative estimate of drug-likeness (QED) is 0.442. The molecule has 0 aromatic heterocycles. The Morgan fingerprint density at radius 1 is 1.40 bits per heavy atom. The van der Waals surface area contributed by atoms with E-state index in [4.69, 9.17) is 0 Å². The van der Waals surface area contributed by atoms with Gasteiger partial charge in [0.15, 0.2) is 5.78 Å². The van der Waals surface area contributed by atoms with Gasteiger partial charge in [0.2, 0.25) is 0 Å². The van der Waals surface area contributed by atoms with Crippen LogP contribution in [0.1, 0.15) is 29.3 Å². The van der Waals surface area contributed by atoms with Crippen molar-refractivity contribution >= 4 is 11.5 Å². The molecule has 0 unspecified atom stereocenters. The molecule has 1 aromatic carbocycles. The Labute approximate surface area is 83.7 Å². The SMILES string of the molecule is CC(=O)c1cc(C(F)F)cc([N+](=O)[O-])c1. The second kappa shape index (κ2) is 4.12. The highest BCUT2D eigenvalue weighted by molar-refractivity contribution is 5.94. The lowest BCUT2D eigenvalue weighted by atomic mass is 10.1. The molecule has 80 valence electrons. The van der Waals surface area contributed by atoms with Gasteiger partial charge in [0.05, 0.1) is 4.92 Å². The summed E-state index contributed by atoms with van der Waals surface area (Å²) < 4.78 is 24.6. The van der Waals surface area contributed by atoms with Crippen molar-refractivity contribution in [3.05, 3.63) is 39.4 Å². The molecule has 15 heavy (non-hydrogen) atoms. The molecule has 0 bridgehead atoms. The molecule has 0 saturated carbocycles. The fourth-order valence-corrected chi connectivity index (χ4v) is 1.07. The number of Topliss-reactive ketones (excluding diaryl/α,β-unsaturated/α-hetero) is 1. The van der Waals surface area contributed by atoms with Crippen LogP contribution in [-0.2, 0) is 0 Å². The van der Waals surface area contributed by atoms with Gasteiger partial charge in [-0.1, -0.05) is 0 Å². The summed E-state index contributed by atoms with van der Waals surface area (Å²) in [4.78, 5) is 20.5. The Bertz CT molecular complexity index is 386. The minimum absolute atomic E-state index is 0.0838. The van der Waals surface area contributed by atoms with Crippen LogP contribution in [-0.4, -0.2) is 10.7 Å². The van der Waals surface area contributed by atoms with E-state index in [1.54, 1.807) is 0 Å². The van der Waals surface area contributed by atoms with E-state index >= 15 is 0 Å². The van der Waals surface area contributed by atoms with E-state index < -0.39 is 28.4 Å². The summed E-state index contributed by atoms with van der Waals surface area (Å²) in [5.74, 6) is -0.486. The summed E-state index contributed by atoms with van der Waals surface area (Å²) in [5.41, 5.74) is -1.10. The van der Waals surface area contributed by atoms with Crippen molar-refractivity contribution in [3.8, 4) is 0 Å². The number of ketones is 1. The summed E-state index contributed by atoms with van der Waals surface area (Å²) >= 11 is 0. The van der Waals surface area contributed by atoms with Crippen LogP contribution in [0.3, 0.4) is 0 Å². The third kappa shape index (κ3) is 2.55. The standard InChI is InChI=1S/C9H7F2NO3/c1-5(13)6-2-7(9(10)11)4-8(3-6)12(14)15/h2-4,9H,1H3. The molecule has 4 nitrogen and oxygen atoms in total. The number of carbonyl (C=O) groups is 1. The molecule has 0 saturated heterocycles. The van der Waals surface area contributed by atoms with E-state index in [2.05, 4.69) is 0 Å². The smallest absolute Gasteiger partial charge is 0.270 e. The summed E-state index contributed by atoms with van der Waals surface area (Å²) in [7, 11) is 0. The van der Waals surface area contributed by atoms with Crippen LogP contribution in [0.5, 0.6) is 0 Å². The first-order chi connectivity index (χ1) is 6.91. The predicted octanol–water partition coefficient (Wildman–Crippen LogP) is 2.74. The number of nitrogens with zero attached hydrogens (tertiary/aromatic N) is 1. The third-order valence-corrected chi connectivity index (χ3v) is 1.81. The lowest BCUT2D eigenvalue weighted by molar-refractivity contribution is -0.385. The number of benzene rings is 1. The first-order valence-electron chi connectivity index (χ1n) is 4.00. The minimum atomic E-state index is -2.83. The number of rotatable bonds is 3. The largest absolute Gasteiger partial charge is 0.295 e. The van der Waals surface area contributed by atoms with Crippen molar-refractivity contribution in [3.63, 3.8) is 0 Å². The van der Waals surface area contributed by atoms with Gasteiger partial charge in [-0.05, 0) is 13.0 Å². The van der Waals surface area contributed by atoms with Crippen LogP contribution in [0, 0.1) is 10.1 Å². The normalized spacial score (nSPS) is 10.4. The molecule has 0 aliphatic rings. The Morgan fingerprint density at radius 2 is 2.00 bits per heavy atom. The number of non-ortho nitro benzene ring substituents is 1. The van der Waals surface area contributed by atoms with E-state index in [9.17, 15) is 23.7 Å². The van der Waals surface area contributed by atoms with Gasteiger partial charge in [-0.15, -0.1) is 0 Å². The van der Waals surface area contributed by atoms with Gasteiger partial charge in [0.1, 0.15) is 0 Å². The average Bonchev–Trinajstić information content (AvgIpc) is 2.16. The van der Waals surface area contributed by atoms with Crippen molar-refractivity contribution in [2.45, 2.75) is 13.3 Å². The minimum Gasteiger partial charge on any atom is -0.295 e. The second-order valence-electron chi connectivity index (χ2n) is 2.93. The fourth-order valence-electron chi connectivity index (χ4n) is 1.07. The molecule has 0 N–H and O–H groups in total. The summed E-state index contributed by atoms with van der Waals surface area (Å²) in [5, 5.41) is 10.4. The van der Waals surface area contributed by atoms with Crippen LogP contribution in [0.25, 0.3) is 0 Å². The highest BCUT2D eigenvalue weighted by Crippen LogP contribution is 2.25. The summed E-state index contributed by atoms with van der Waals surface area (Å²) in [6.45, 7) is 1.16. The number of carbonyl (C=O) groups excluding carboxylic acids is 1. The van der Waals surface area contributed by atoms with Gasteiger partial charge in [0.25, 0.3) is 12.1 Å². The highest BCUT2D eigenvalue weighted by Gasteiger charge is 2.16. The summed E-state index contributed by atoms with van der Waals surface area (Å²) in [6, 6.07) is 2.70. The number of hydrogen-bond acceptors (Lipinski definition) is 3. The topological polar surface area (TPSA) is 60.2 Å². The van der Waals surface area contributed by atoms with Crippen LogP contribution in [0.15, 0.2) is 18.2 Å². The molecule has 6 heteroatoms. The van der Waals surface area contributed by atoms with Crippen LogP contribution < -0.4 is 0 Å². The van der Waals surface area contributed by atoms with Crippen molar-refractivity contribution in [2.24, 2.45) is 0 Å². The van der Waals surface area contributed by atoms with Gasteiger partial charge in [-0.25, -0.2) is 8.78 Å². The third-order valence-electron chi connectivity index (χ3n) is 1.81. The van der Waals surface area contributed by atoms with Gasteiger partial charge in [-0.2, -0.15) is 0 Å². The number of nitro benzene ring substituents is 1. The van der Waals surface area contributed by atoms with Crippen LogP contribution in [0.2, 0.25) is 0 Å². The monoisotopic (exact) mass is 215 g/mol. The van der Waals surface area contributed by atoms with Crippen molar-refractivity contribution in [1.29, 1.82) is 0 Å². The van der Waals surface area contributed by atoms with E-state index in [-0.39, 0.29) is 5.56 Å². The molecule has 1 rings (SSSR count). The van der Waals surface area contributed by atoms with Crippen LogP contribution >= 0.6 is 0 Å². The van der Waals surface area contributed by atoms with E-state index in [1.165, 1.54) is 0 Å². The van der Waals surface area contributed by atoms with Crippen LogP contribution in [0.4, 0.5) is 14.5 Å². The molecular formula is C9H7F2NO3. The molecule has 0 radical (unpaired) electrons. The van der Waals surface area contributed by atoms with Gasteiger partial charge in [0, 0.05) is 23.3 Å². The Morgan fingerprint density at radius 3 is 2.40 bits per heavy atom. The molecule has 0 heterocycles. The maximum Gasteiger partial charge on any atom is 0.270 e. The zero-order valence-electron chi connectivity index (χ0n) is 7.74. The van der Waals surface area contributed by atoms with Crippen molar-refractivity contribution in [2.75, 3.05) is 0 Å². The average molecular weight is 215 g/mol. The fraction of sp³-hybridized carbons (Fsp3) is 0.222.